The van der Waals surface area contributed by atoms with Crippen LogP contribution in [0.2, 0.25) is 0 Å². The van der Waals surface area contributed by atoms with Crippen molar-refractivity contribution in [3.05, 3.63) is 29.3 Å². The molecular weight excluding hydrogens is 352 g/mol. The average Bonchev–Trinajstić information content (AvgIpc) is 3.10. The second kappa shape index (κ2) is 7.86. The molecule has 1 fully saturated rings. The zero-order valence-electron chi connectivity index (χ0n) is 14.9. The van der Waals surface area contributed by atoms with Gasteiger partial charge in [-0.1, -0.05) is 23.9 Å². The molecule has 2 heterocycles. The first kappa shape index (κ1) is 18.4. The topological polar surface area (TPSA) is 107 Å². The van der Waals surface area contributed by atoms with Gasteiger partial charge < -0.3 is 10.6 Å². The molecule has 0 saturated carbocycles. The number of hydrogen-bond acceptors (Lipinski definition) is 6. The highest BCUT2D eigenvalue weighted by atomic mass is 32.2. The molecule has 1 aromatic carbocycles. The molecule has 1 aliphatic rings. The number of thioether (sulfide) groups is 1. The summed E-state index contributed by atoms with van der Waals surface area (Å²) in [5, 5.41) is 12.4. The number of primary amides is 1. The fraction of sp³-hybridized carbons (Fsp3) is 0.471. The van der Waals surface area contributed by atoms with Crippen LogP contribution in [0.25, 0.3) is 5.69 Å². The van der Waals surface area contributed by atoms with Gasteiger partial charge in [0.1, 0.15) is 6.04 Å². The van der Waals surface area contributed by atoms with E-state index in [-0.39, 0.29) is 11.7 Å². The number of hydrogen-bond donors (Lipinski definition) is 1. The Kier molecular flexibility index (Phi) is 5.55. The summed E-state index contributed by atoms with van der Waals surface area (Å²) < 4.78 is 1.64. The molecular formula is C17H22N6O2S. The number of nitrogens with two attached hydrogens (primary N) is 1. The Hall–Kier alpha value is -2.42. The molecule has 2 amide bonds. The lowest BCUT2D eigenvalue weighted by atomic mass is 10.0. The van der Waals surface area contributed by atoms with Gasteiger partial charge >= 0.3 is 0 Å². The van der Waals surface area contributed by atoms with Crippen LogP contribution in [0, 0.1) is 13.8 Å². The Morgan fingerprint density at radius 3 is 2.88 bits per heavy atom. The van der Waals surface area contributed by atoms with E-state index in [1.165, 1.54) is 11.8 Å². The first-order valence-corrected chi connectivity index (χ1v) is 9.53. The second-order valence-electron chi connectivity index (χ2n) is 6.45. The van der Waals surface area contributed by atoms with Crippen LogP contribution in [0.5, 0.6) is 0 Å². The van der Waals surface area contributed by atoms with Crippen LogP contribution in [0.3, 0.4) is 0 Å². The third-order valence-corrected chi connectivity index (χ3v) is 5.41. The number of carbonyl (C=O) groups excluding carboxylic acids is 2. The van der Waals surface area contributed by atoms with Gasteiger partial charge in [-0.15, -0.1) is 5.10 Å². The lowest BCUT2D eigenvalue weighted by Gasteiger charge is -2.33. The molecule has 0 aliphatic carbocycles. The third kappa shape index (κ3) is 3.87. The van der Waals surface area contributed by atoms with E-state index in [1.54, 1.807) is 9.58 Å². The number of rotatable bonds is 5. The van der Waals surface area contributed by atoms with Crippen LogP contribution >= 0.6 is 11.8 Å². The lowest BCUT2D eigenvalue weighted by Crippen LogP contribution is -2.51. The summed E-state index contributed by atoms with van der Waals surface area (Å²) >= 11 is 1.26. The fourth-order valence-electron chi connectivity index (χ4n) is 3.10. The SMILES string of the molecule is Cc1ccc(C)c(-n2nnnc2SCC(=O)N2CCCC[C@@H]2C(N)=O)c1. The Bertz CT molecular complexity index is 821. The maximum Gasteiger partial charge on any atom is 0.240 e. The van der Waals surface area contributed by atoms with Crippen molar-refractivity contribution in [2.24, 2.45) is 5.73 Å². The molecule has 26 heavy (non-hydrogen) atoms. The molecule has 8 nitrogen and oxygen atoms in total. The Labute approximate surface area is 156 Å². The van der Waals surface area contributed by atoms with Crippen molar-refractivity contribution < 1.29 is 9.59 Å². The number of benzene rings is 1. The first-order valence-electron chi connectivity index (χ1n) is 8.55. The molecule has 0 radical (unpaired) electrons. The van der Waals surface area contributed by atoms with Crippen molar-refractivity contribution >= 4 is 23.6 Å². The van der Waals surface area contributed by atoms with Crippen molar-refractivity contribution in [3.63, 3.8) is 0 Å². The van der Waals surface area contributed by atoms with Crippen molar-refractivity contribution in [1.82, 2.24) is 25.1 Å². The van der Waals surface area contributed by atoms with Gasteiger partial charge in [0.2, 0.25) is 17.0 Å². The number of piperidine rings is 1. The largest absolute Gasteiger partial charge is 0.368 e. The number of tetrazole rings is 1. The maximum absolute atomic E-state index is 12.6. The van der Waals surface area contributed by atoms with Gasteiger partial charge in [0.25, 0.3) is 0 Å². The second-order valence-corrected chi connectivity index (χ2v) is 7.40. The summed E-state index contributed by atoms with van der Waals surface area (Å²) in [5.74, 6) is -0.396. The number of carbonyl (C=O) groups is 2. The van der Waals surface area contributed by atoms with E-state index in [2.05, 4.69) is 15.5 Å². The van der Waals surface area contributed by atoms with E-state index in [4.69, 9.17) is 5.73 Å². The molecule has 2 N–H and O–H groups in total. The predicted octanol–water partition coefficient (Wildman–Crippen LogP) is 1.24. The number of nitrogens with zero attached hydrogens (tertiary/aromatic N) is 5. The number of amides is 2. The van der Waals surface area contributed by atoms with Gasteiger partial charge in [-0.05, 0) is 60.7 Å². The Balaban J connectivity index is 1.73. The summed E-state index contributed by atoms with van der Waals surface area (Å²) in [6.45, 7) is 4.56. The van der Waals surface area contributed by atoms with Gasteiger partial charge in [-0.3, -0.25) is 9.59 Å². The molecule has 0 bridgehead atoms. The van der Waals surface area contributed by atoms with Crippen molar-refractivity contribution in [2.75, 3.05) is 12.3 Å². The molecule has 138 valence electrons. The molecule has 0 unspecified atom stereocenters. The van der Waals surface area contributed by atoms with Gasteiger partial charge in [-0.2, -0.15) is 4.68 Å². The van der Waals surface area contributed by atoms with Gasteiger partial charge in [-0.25, -0.2) is 0 Å². The molecule has 9 heteroatoms. The number of aryl methyl sites for hydroxylation is 2. The predicted molar refractivity (Wildman–Crippen MR) is 97.9 cm³/mol. The van der Waals surface area contributed by atoms with E-state index in [9.17, 15) is 9.59 Å². The number of likely N-dealkylation sites (tertiary alicyclic amines) is 1. The first-order chi connectivity index (χ1) is 12.5. The molecule has 2 aromatic rings. The van der Waals surface area contributed by atoms with Crippen LogP contribution in [0.4, 0.5) is 0 Å². The molecule has 1 saturated heterocycles. The van der Waals surface area contributed by atoms with Crippen LogP contribution in [-0.2, 0) is 9.59 Å². The van der Waals surface area contributed by atoms with Crippen molar-refractivity contribution in [2.45, 2.75) is 44.3 Å². The van der Waals surface area contributed by atoms with Gasteiger partial charge in [0.05, 0.1) is 11.4 Å². The van der Waals surface area contributed by atoms with Crippen LogP contribution in [0.1, 0.15) is 30.4 Å². The highest BCUT2D eigenvalue weighted by molar-refractivity contribution is 7.99. The summed E-state index contributed by atoms with van der Waals surface area (Å²) in [5.41, 5.74) is 8.47. The van der Waals surface area contributed by atoms with E-state index in [1.807, 2.05) is 32.0 Å². The van der Waals surface area contributed by atoms with E-state index >= 15 is 0 Å². The standard InChI is InChI=1S/C17H22N6O2S/c1-11-6-7-12(2)14(9-11)23-17(19-20-21-23)26-10-15(24)22-8-4-3-5-13(22)16(18)25/h6-7,9,13H,3-5,8,10H2,1-2H3,(H2,18,25)/t13-/m1/s1. The van der Waals surface area contributed by atoms with E-state index in [0.717, 1.165) is 29.7 Å². The molecule has 1 atom stereocenters. The maximum atomic E-state index is 12.6. The fourth-order valence-corrected chi connectivity index (χ4v) is 3.87. The smallest absolute Gasteiger partial charge is 0.240 e. The Morgan fingerprint density at radius 2 is 2.12 bits per heavy atom. The van der Waals surface area contributed by atoms with Crippen LogP contribution in [0.15, 0.2) is 23.4 Å². The van der Waals surface area contributed by atoms with Crippen molar-refractivity contribution in [1.29, 1.82) is 0 Å². The monoisotopic (exact) mass is 374 g/mol. The quantitative estimate of drug-likeness (QED) is 0.789. The minimum Gasteiger partial charge on any atom is -0.368 e. The van der Waals surface area contributed by atoms with E-state index in [0.29, 0.717) is 18.1 Å². The van der Waals surface area contributed by atoms with Crippen LogP contribution in [-0.4, -0.2) is 55.3 Å². The van der Waals surface area contributed by atoms with Gasteiger partial charge in [0.15, 0.2) is 0 Å². The summed E-state index contributed by atoms with van der Waals surface area (Å²) in [6, 6.07) is 5.54. The normalized spacial score (nSPS) is 17.3. The minimum absolute atomic E-state index is 0.117. The Morgan fingerprint density at radius 1 is 1.31 bits per heavy atom. The van der Waals surface area contributed by atoms with Gasteiger partial charge in [0, 0.05) is 6.54 Å². The van der Waals surface area contributed by atoms with Crippen molar-refractivity contribution in [3.8, 4) is 5.69 Å². The molecule has 0 spiro atoms. The molecule has 1 aromatic heterocycles. The third-order valence-electron chi connectivity index (χ3n) is 4.51. The van der Waals surface area contributed by atoms with E-state index < -0.39 is 11.9 Å². The summed E-state index contributed by atoms with van der Waals surface area (Å²) in [6.07, 6.45) is 2.43. The molecule has 3 rings (SSSR count). The lowest BCUT2D eigenvalue weighted by molar-refractivity contribution is -0.138. The minimum atomic E-state index is -0.508. The highest BCUT2D eigenvalue weighted by Crippen LogP contribution is 2.23. The zero-order valence-corrected chi connectivity index (χ0v) is 15.7. The molecule has 1 aliphatic heterocycles. The number of aromatic nitrogens is 4. The van der Waals surface area contributed by atoms with Crippen LogP contribution < -0.4 is 5.73 Å². The highest BCUT2D eigenvalue weighted by Gasteiger charge is 2.30. The average molecular weight is 374 g/mol. The summed E-state index contributed by atoms with van der Waals surface area (Å²) in [7, 11) is 0. The zero-order chi connectivity index (χ0) is 18.7. The summed E-state index contributed by atoms with van der Waals surface area (Å²) in [4.78, 5) is 25.8.